The van der Waals surface area contributed by atoms with E-state index in [1.165, 1.54) is 26.0 Å². The summed E-state index contributed by atoms with van der Waals surface area (Å²) in [6.07, 6.45) is 0. The fourth-order valence-corrected chi connectivity index (χ4v) is 4.15. The molecule has 0 aliphatic carbocycles. The first-order chi connectivity index (χ1) is 12.4. The van der Waals surface area contributed by atoms with Crippen molar-refractivity contribution in [2.45, 2.75) is 38.3 Å². The Balaban J connectivity index is 2.64. The van der Waals surface area contributed by atoms with Gasteiger partial charge in [-0.3, -0.25) is 0 Å². The molecule has 0 saturated carbocycles. The number of halogens is 6. The first-order valence-corrected chi connectivity index (χ1v) is 9.11. The lowest BCUT2D eigenvalue weighted by molar-refractivity contribution is 0.325. The molecule has 0 N–H and O–H groups in total. The second-order valence-corrected chi connectivity index (χ2v) is 7.97. The van der Waals surface area contributed by atoms with E-state index in [9.17, 15) is 34.8 Å². The van der Waals surface area contributed by atoms with Gasteiger partial charge in [0.25, 0.3) is 0 Å². The number of hydrogen-bond donors (Lipinski definition) is 0. The van der Waals surface area contributed by atoms with Crippen LogP contribution in [0.1, 0.15) is 25.0 Å². The van der Waals surface area contributed by atoms with Crippen molar-refractivity contribution in [3.05, 3.63) is 64.2 Å². The third kappa shape index (κ3) is 3.81. The molecule has 10 heteroatoms. The Morgan fingerprint density at radius 3 is 1.81 bits per heavy atom. The summed E-state index contributed by atoms with van der Waals surface area (Å²) in [7, 11) is -5.18. The van der Waals surface area contributed by atoms with E-state index in [0.717, 1.165) is 6.07 Å². The highest BCUT2D eigenvalue weighted by atomic mass is 32.2. The van der Waals surface area contributed by atoms with Gasteiger partial charge in [0.05, 0.1) is 0 Å². The van der Waals surface area contributed by atoms with Gasteiger partial charge in [-0.1, -0.05) is 12.1 Å². The minimum absolute atomic E-state index is 0.123. The van der Waals surface area contributed by atoms with Crippen molar-refractivity contribution in [2.75, 3.05) is 0 Å². The summed E-state index contributed by atoms with van der Waals surface area (Å²) in [5.41, 5.74) is 0.428. The Kier molecular flexibility index (Phi) is 5.91. The largest absolute Gasteiger partial charge is 0.249 e. The number of sulfonamides is 1. The van der Waals surface area contributed by atoms with Crippen LogP contribution in [0.4, 0.5) is 26.3 Å². The van der Waals surface area contributed by atoms with Crippen molar-refractivity contribution >= 4 is 10.0 Å². The molecule has 0 radical (unpaired) electrons. The molecule has 0 fully saturated rings. The van der Waals surface area contributed by atoms with Crippen molar-refractivity contribution in [2.24, 2.45) is 0 Å². The normalized spacial score (nSPS) is 12.3. The van der Waals surface area contributed by atoms with E-state index < -0.39 is 62.4 Å². The third-order valence-corrected chi connectivity index (χ3v) is 5.89. The zero-order chi connectivity index (χ0) is 20.7. The molecular formula is C17H15F6NO2S. The molecule has 0 saturated heterocycles. The quantitative estimate of drug-likeness (QED) is 0.415. The molecule has 0 spiro atoms. The van der Waals surface area contributed by atoms with Crippen LogP contribution in [0.2, 0.25) is 0 Å². The SMILES string of the molecule is Cc1ccc(CN(C(C)C)S(=O)(=O)c2c(F)c(F)c(F)c(F)c2F)c(F)c1. The predicted molar refractivity (Wildman–Crippen MR) is 85.2 cm³/mol. The summed E-state index contributed by atoms with van der Waals surface area (Å²) in [6.45, 7) is 3.57. The van der Waals surface area contributed by atoms with Gasteiger partial charge < -0.3 is 0 Å². The van der Waals surface area contributed by atoms with Crippen LogP contribution in [-0.4, -0.2) is 18.8 Å². The molecular weight excluding hydrogens is 396 g/mol. The van der Waals surface area contributed by atoms with E-state index in [1.807, 2.05) is 0 Å². The van der Waals surface area contributed by atoms with Crippen LogP contribution in [0.15, 0.2) is 23.1 Å². The third-order valence-electron chi connectivity index (χ3n) is 3.85. The first kappa shape index (κ1) is 21.2. The fourth-order valence-electron chi connectivity index (χ4n) is 2.42. The molecule has 0 bridgehead atoms. The van der Waals surface area contributed by atoms with Crippen molar-refractivity contribution in [1.29, 1.82) is 0 Å². The van der Waals surface area contributed by atoms with E-state index in [4.69, 9.17) is 0 Å². The number of benzene rings is 2. The van der Waals surface area contributed by atoms with Crippen molar-refractivity contribution < 1.29 is 34.8 Å². The number of nitrogens with zero attached hydrogens (tertiary/aromatic N) is 1. The molecule has 2 aromatic carbocycles. The minimum atomic E-state index is -5.18. The molecule has 148 valence electrons. The lowest BCUT2D eigenvalue weighted by Crippen LogP contribution is -2.38. The molecule has 0 aliphatic rings. The molecule has 2 aromatic rings. The molecule has 0 amide bonds. The Labute approximate surface area is 152 Å². The van der Waals surface area contributed by atoms with Crippen LogP contribution < -0.4 is 0 Å². The molecule has 3 nitrogen and oxygen atoms in total. The van der Waals surface area contributed by atoms with Gasteiger partial charge in [-0.25, -0.2) is 34.8 Å². The summed E-state index contributed by atoms with van der Waals surface area (Å²) in [5, 5.41) is 0. The topological polar surface area (TPSA) is 37.4 Å². The van der Waals surface area contributed by atoms with E-state index in [0.29, 0.717) is 9.87 Å². The number of rotatable bonds is 5. The summed E-state index contributed by atoms with van der Waals surface area (Å²) in [6, 6.07) is 2.92. The van der Waals surface area contributed by atoms with Crippen LogP contribution in [0.3, 0.4) is 0 Å². The maximum atomic E-state index is 14.1. The summed E-state index contributed by atoms with van der Waals surface area (Å²) >= 11 is 0. The number of aryl methyl sites for hydroxylation is 1. The highest BCUT2D eigenvalue weighted by molar-refractivity contribution is 7.89. The molecule has 0 aliphatic heterocycles. The highest BCUT2D eigenvalue weighted by Crippen LogP contribution is 2.31. The fraction of sp³-hybridized carbons (Fsp3) is 0.294. The van der Waals surface area contributed by atoms with Gasteiger partial charge in [0, 0.05) is 18.2 Å². The van der Waals surface area contributed by atoms with Crippen LogP contribution in [-0.2, 0) is 16.6 Å². The van der Waals surface area contributed by atoms with Crippen LogP contribution in [0.5, 0.6) is 0 Å². The Morgan fingerprint density at radius 2 is 1.37 bits per heavy atom. The smallest absolute Gasteiger partial charge is 0.207 e. The van der Waals surface area contributed by atoms with E-state index in [1.54, 1.807) is 6.92 Å². The van der Waals surface area contributed by atoms with Crippen molar-refractivity contribution in [3.8, 4) is 0 Å². The van der Waals surface area contributed by atoms with Gasteiger partial charge in [-0.2, -0.15) is 4.31 Å². The Hall–Kier alpha value is -2.07. The maximum Gasteiger partial charge on any atom is 0.249 e. The van der Waals surface area contributed by atoms with Gasteiger partial charge in [0.1, 0.15) is 5.82 Å². The zero-order valence-electron chi connectivity index (χ0n) is 14.5. The average molecular weight is 411 g/mol. The maximum absolute atomic E-state index is 14.1. The van der Waals surface area contributed by atoms with Crippen LogP contribution >= 0.6 is 0 Å². The lowest BCUT2D eigenvalue weighted by atomic mass is 10.1. The predicted octanol–water partition coefficient (Wildman–Crippen LogP) is 4.43. The zero-order valence-corrected chi connectivity index (χ0v) is 15.3. The van der Waals surface area contributed by atoms with Crippen LogP contribution in [0, 0.1) is 41.8 Å². The average Bonchev–Trinajstić information content (AvgIpc) is 2.56. The van der Waals surface area contributed by atoms with E-state index in [-0.39, 0.29) is 5.56 Å². The molecule has 0 atom stereocenters. The van der Waals surface area contributed by atoms with E-state index in [2.05, 4.69) is 0 Å². The highest BCUT2D eigenvalue weighted by Gasteiger charge is 2.38. The standard InChI is InChI=1S/C17H15F6NO2S/c1-8(2)24(7-10-5-4-9(3)6-11(10)18)27(25,26)17-15(22)13(20)12(19)14(21)16(17)23/h4-6,8H,7H2,1-3H3. The first-order valence-electron chi connectivity index (χ1n) is 7.67. The summed E-state index contributed by atoms with van der Waals surface area (Å²) in [4.78, 5) is -1.97. The lowest BCUT2D eigenvalue weighted by Gasteiger charge is -2.26. The molecule has 0 heterocycles. The molecule has 0 aromatic heterocycles. The molecule has 27 heavy (non-hydrogen) atoms. The Morgan fingerprint density at radius 1 is 0.889 bits per heavy atom. The second kappa shape index (κ2) is 7.51. The summed E-state index contributed by atoms with van der Waals surface area (Å²) in [5.74, 6) is -12.9. The molecule has 0 unspecified atom stereocenters. The van der Waals surface area contributed by atoms with Crippen molar-refractivity contribution in [3.63, 3.8) is 0 Å². The van der Waals surface area contributed by atoms with Crippen LogP contribution in [0.25, 0.3) is 0 Å². The van der Waals surface area contributed by atoms with Gasteiger partial charge in [0.2, 0.25) is 15.8 Å². The second-order valence-electron chi connectivity index (χ2n) is 6.14. The number of hydrogen-bond acceptors (Lipinski definition) is 2. The van der Waals surface area contributed by atoms with Gasteiger partial charge in [-0.15, -0.1) is 0 Å². The van der Waals surface area contributed by atoms with Gasteiger partial charge in [0.15, 0.2) is 28.2 Å². The monoisotopic (exact) mass is 411 g/mol. The van der Waals surface area contributed by atoms with Gasteiger partial charge >= 0.3 is 0 Å². The minimum Gasteiger partial charge on any atom is -0.207 e. The Bertz CT molecular complexity index is 962. The van der Waals surface area contributed by atoms with Crippen molar-refractivity contribution in [1.82, 2.24) is 4.31 Å². The van der Waals surface area contributed by atoms with Gasteiger partial charge in [-0.05, 0) is 32.4 Å². The summed E-state index contributed by atoms with van der Waals surface area (Å²) < 4.78 is 108. The molecule has 2 rings (SSSR count). The van der Waals surface area contributed by atoms with E-state index >= 15 is 0 Å².